The van der Waals surface area contributed by atoms with E-state index >= 15 is 0 Å². The number of carbonyl (C=O) groups excluding carboxylic acids is 2. The summed E-state index contributed by atoms with van der Waals surface area (Å²) < 4.78 is 5.80. The fourth-order valence-electron chi connectivity index (χ4n) is 3.11. The fraction of sp³-hybridized carbons (Fsp3) is 0.286. The Labute approximate surface area is 162 Å². The summed E-state index contributed by atoms with van der Waals surface area (Å²) in [6, 6.07) is 11.1. The van der Waals surface area contributed by atoms with E-state index < -0.39 is 0 Å². The number of rotatable bonds is 5. The number of ether oxygens (including phenoxy) is 1. The second kappa shape index (κ2) is 8.39. The first-order valence-corrected chi connectivity index (χ1v) is 10.0. The summed E-state index contributed by atoms with van der Waals surface area (Å²) in [6.45, 7) is 1.72. The number of pyridine rings is 1. The Morgan fingerprint density at radius 3 is 2.56 bits per heavy atom. The van der Waals surface area contributed by atoms with E-state index in [1.807, 2.05) is 36.6 Å². The SMILES string of the molecule is CCC(O)=C1C(=O)CC(c2cccc(Oc3ccc(SC)cn3)c2)CC1=O. The third-order valence-corrected chi connectivity index (χ3v) is 5.25. The molecule has 0 atom stereocenters. The summed E-state index contributed by atoms with van der Waals surface area (Å²) in [5, 5.41) is 9.84. The second-order valence-corrected chi connectivity index (χ2v) is 7.22. The van der Waals surface area contributed by atoms with Gasteiger partial charge in [0.05, 0.1) is 5.57 Å². The van der Waals surface area contributed by atoms with E-state index in [1.165, 1.54) is 0 Å². The highest BCUT2D eigenvalue weighted by Crippen LogP contribution is 2.34. The number of ketones is 2. The van der Waals surface area contributed by atoms with Crippen molar-refractivity contribution in [3.63, 3.8) is 0 Å². The van der Waals surface area contributed by atoms with Crippen molar-refractivity contribution < 1.29 is 19.4 Å². The monoisotopic (exact) mass is 383 g/mol. The first kappa shape index (κ1) is 19.2. The zero-order chi connectivity index (χ0) is 19.4. The van der Waals surface area contributed by atoms with Gasteiger partial charge in [0.1, 0.15) is 11.5 Å². The van der Waals surface area contributed by atoms with Gasteiger partial charge < -0.3 is 9.84 Å². The van der Waals surface area contributed by atoms with Crippen molar-refractivity contribution in [2.75, 3.05) is 6.26 Å². The van der Waals surface area contributed by atoms with Crippen LogP contribution in [0.15, 0.2) is 58.8 Å². The van der Waals surface area contributed by atoms with Gasteiger partial charge in [0, 0.05) is 36.4 Å². The van der Waals surface area contributed by atoms with Gasteiger partial charge in [0.2, 0.25) is 5.88 Å². The Hall–Kier alpha value is -2.60. The van der Waals surface area contributed by atoms with E-state index in [1.54, 1.807) is 30.9 Å². The summed E-state index contributed by atoms with van der Waals surface area (Å²) in [5.41, 5.74) is 0.837. The van der Waals surface area contributed by atoms with Crippen LogP contribution in [0.1, 0.15) is 37.7 Å². The van der Waals surface area contributed by atoms with Crippen LogP contribution in [-0.2, 0) is 9.59 Å². The standard InChI is InChI=1S/C21H21NO4S/c1-3-17(23)21-18(24)10-14(11-19(21)25)13-5-4-6-15(9-13)26-20-8-7-16(27-2)12-22-20/h4-9,12,14,23H,3,10-11H2,1-2H3. The lowest BCUT2D eigenvalue weighted by Crippen LogP contribution is -2.26. The Morgan fingerprint density at radius 1 is 1.22 bits per heavy atom. The van der Waals surface area contributed by atoms with Crippen molar-refractivity contribution >= 4 is 23.3 Å². The molecule has 0 unspecified atom stereocenters. The summed E-state index contributed by atoms with van der Waals surface area (Å²) >= 11 is 1.61. The largest absolute Gasteiger partial charge is 0.511 e. The molecule has 0 amide bonds. The highest BCUT2D eigenvalue weighted by molar-refractivity contribution is 7.98. The number of nitrogens with zero attached hydrogens (tertiary/aromatic N) is 1. The minimum Gasteiger partial charge on any atom is -0.511 e. The number of aromatic nitrogens is 1. The minimum atomic E-state index is -0.295. The van der Waals surface area contributed by atoms with Crippen LogP contribution >= 0.6 is 11.8 Å². The van der Waals surface area contributed by atoms with Crippen LogP contribution in [0.5, 0.6) is 11.6 Å². The number of hydrogen-bond acceptors (Lipinski definition) is 6. The van der Waals surface area contributed by atoms with Crippen LogP contribution in [0.25, 0.3) is 0 Å². The number of allylic oxidation sites excluding steroid dienone is 2. The third kappa shape index (κ3) is 4.39. The first-order valence-electron chi connectivity index (χ1n) is 8.78. The van der Waals surface area contributed by atoms with Gasteiger partial charge in [0.15, 0.2) is 11.6 Å². The van der Waals surface area contributed by atoms with Crippen molar-refractivity contribution in [2.45, 2.75) is 37.0 Å². The molecule has 1 N–H and O–H groups in total. The fourth-order valence-corrected chi connectivity index (χ4v) is 3.48. The smallest absolute Gasteiger partial charge is 0.219 e. The van der Waals surface area contributed by atoms with Crippen molar-refractivity contribution in [3.05, 3.63) is 59.5 Å². The second-order valence-electron chi connectivity index (χ2n) is 6.34. The lowest BCUT2D eigenvalue weighted by atomic mass is 9.79. The van der Waals surface area contributed by atoms with Crippen LogP contribution in [0.4, 0.5) is 0 Å². The molecule has 0 spiro atoms. The number of aliphatic hydroxyl groups excluding tert-OH is 1. The predicted octanol–water partition coefficient (Wildman–Crippen LogP) is 4.83. The molecule has 5 nitrogen and oxygen atoms in total. The Morgan fingerprint density at radius 2 is 1.96 bits per heavy atom. The van der Waals surface area contributed by atoms with Gasteiger partial charge in [-0.1, -0.05) is 19.1 Å². The highest BCUT2D eigenvalue weighted by atomic mass is 32.2. The number of Topliss-reactive ketones (excluding diaryl/α,β-unsaturated/α-hetero) is 2. The van der Waals surface area contributed by atoms with Gasteiger partial charge in [-0.05, 0) is 35.9 Å². The van der Waals surface area contributed by atoms with Crippen molar-refractivity contribution in [1.82, 2.24) is 4.98 Å². The lowest BCUT2D eigenvalue weighted by Gasteiger charge is -2.23. The predicted molar refractivity (Wildman–Crippen MR) is 104 cm³/mol. The van der Waals surface area contributed by atoms with Crippen LogP contribution in [0.3, 0.4) is 0 Å². The zero-order valence-corrected chi connectivity index (χ0v) is 16.1. The quantitative estimate of drug-likeness (QED) is 0.345. The van der Waals surface area contributed by atoms with Gasteiger partial charge in [-0.25, -0.2) is 4.98 Å². The third-order valence-electron chi connectivity index (χ3n) is 4.54. The van der Waals surface area contributed by atoms with Gasteiger partial charge in [-0.2, -0.15) is 0 Å². The molecule has 0 bridgehead atoms. The first-order chi connectivity index (χ1) is 13.0. The van der Waals surface area contributed by atoms with E-state index in [9.17, 15) is 14.7 Å². The van der Waals surface area contributed by atoms with Gasteiger partial charge in [-0.3, -0.25) is 9.59 Å². The summed E-state index contributed by atoms with van der Waals surface area (Å²) in [4.78, 5) is 30.0. The van der Waals surface area contributed by atoms with Crippen LogP contribution in [0.2, 0.25) is 0 Å². The molecule has 1 aromatic carbocycles. The van der Waals surface area contributed by atoms with Gasteiger partial charge in [0.25, 0.3) is 0 Å². The molecular formula is C21H21NO4S. The lowest BCUT2D eigenvalue weighted by molar-refractivity contribution is -0.124. The van der Waals surface area contributed by atoms with Gasteiger partial charge in [-0.15, -0.1) is 11.8 Å². The number of hydrogen-bond donors (Lipinski definition) is 1. The normalized spacial score (nSPS) is 17.1. The number of aliphatic hydroxyl groups is 1. The molecule has 1 aliphatic rings. The van der Waals surface area contributed by atoms with Gasteiger partial charge >= 0.3 is 0 Å². The Bertz CT molecular complexity index is 869. The van der Waals surface area contributed by atoms with Crippen molar-refractivity contribution in [2.24, 2.45) is 0 Å². The van der Waals surface area contributed by atoms with E-state index in [0.717, 1.165) is 10.5 Å². The molecule has 6 heteroatoms. The zero-order valence-electron chi connectivity index (χ0n) is 15.3. The maximum Gasteiger partial charge on any atom is 0.219 e. The molecule has 0 aliphatic heterocycles. The number of thioether (sulfide) groups is 1. The van der Waals surface area contributed by atoms with E-state index in [-0.39, 0.29) is 48.1 Å². The summed E-state index contributed by atoms with van der Waals surface area (Å²) in [7, 11) is 0. The average molecular weight is 383 g/mol. The maximum atomic E-state index is 12.3. The molecule has 140 valence electrons. The molecule has 27 heavy (non-hydrogen) atoms. The van der Waals surface area contributed by atoms with Crippen LogP contribution in [0, 0.1) is 0 Å². The van der Waals surface area contributed by atoms with Crippen LogP contribution < -0.4 is 4.74 Å². The maximum absolute atomic E-state index is 12.3. The molecule has 1 aromatic heterocycles. The molecule has 0 saturated heterocycles. The van der Waals surface area contributed by atoms with Crippen molar-refractivity contribution in [1.29, 1.82) is 0 Å². The molecule has 0 radical (unpaired) electrons. The minimum absolute atomic E-state index is 0.0285. The Balaban J connectivity index is 1.77. The van der Waals surface area contributed by atoms with E-state index in [0.29, 0.717) is 11.6 Å². The van der Waals surface area contributed by atoms with Crippen molar-refractivity contribution in [3.8, 4) is 11.6 Å². The molecule has 1 fully saturated rings. The Kier molecular flexibility index (Phi) is 5.96. The summed E-state index contributed by atoms with van der Waals surface area (Å²) in [5.74, 6) is 0.176. The highest BCUT2D eigenvalue weighted by Gasteiger charge is 2.33. The number of carbonyl (C=O) groups is 2. The molecule has 1 aliphatic carbocycles. The van der Waals surface area contributed by atoms with Crippen LogP contribution in [-0.4, -0.2) is 27.9 Å². The van der Waals surface area contributed by atoms with E-state index in [4.69, 9.17) is 4.74 Å². The molecule has 1 heterocycles. The molecule has 3 rings (SSSR count). The molecular weight excluding hydrogens is 362 g/mol. The average Bonchev–Trinajstić information content (AvgIpc) is 2.68. The summed E-state index contributed by atoms with van der Waals surface area (Å²) in [6.07, 6.45) is 4.42. The number of benzene rings is 1. The topological polar surface area (TPSA) is 76.5 Å². The molecule has 2 aromatic rings. The van der Waals surface area contributed by atoms with E-state index in [2.05, 4.69) is 4.98 Å². The molecule has 1 saturated carbocycles.